The van der Waals surface area contributed by atoms with Crippen LogP contribution in [-0.2, 0) is 14.3 Å². The number of nitrogens with zero attached hydrogens (tertiary/aromatic N) is 1. The van der Waals surface area contributed by atoms with E-state index in [0.29, 0.717) is 6.42 Å². The molecule has 0 N–H and O–H groups in total. The van der Waals surface area contributed by atoms with E-state index in [1.54, 1.807) is 6.92 Å². The van der Waals surface area contributed by atoms with Crippen molar-refractivity contribution < 1.29 is 14.3 Å². The van der Waals surface area contributed by atoms with Crippen molar-refractivity contribution in [3.63, 3.8) is 0 Å². The van der Waals surface area contributed by atoms with Gasteiger partial charge in [0.2, 0.25) is 0 Å². The molecule has 4 nitrogen and oxygen atoms in total. The summed E-state index contributed by atoms with van der Waals surface area (Å²) in [5.74, 6) is -0.850. The Kier molecular flexibility index (Phi) is 7.91. The smallest absolute Gasteiger partial charge is 0.313 e. The Morgan fingerprint density at radius 1 is 1.07 bits per heavy atom. The molecule has 4 heteroatoms. The first-order valence-corrected chi connectivity index (χ1v) is 5.59. The molecule has 0 amide bonds. The molecule has 0 aromatic heterocycles. The first-order valence-electron chi connectivity index (χ1n) is 5.59. The van der Waals surface area contributed by atoms with Crippen molar-refractivity contribution in [2.75, 3.05) is 19.6 Å². The van der Waals surface area contributed by atoms with Crippen LogP contribution in [0.4, 0.5) is 0 Å². The molecule has 15 heavy (non-hydrogen) atoms. The molecule has 0 aliphatic rings. The van der Waals surface area contributed by atoms with Crippen LogP contribution >= 0.6 is 0 Å². The van der Waals surface area contributed by atoms with E-state index in [2.05, 4.69) is 23.5 Å². The third-order valence-electron chi connectivity index (χ3n) is 2.27. The normalized spacial score (nSPS) is 10.4. The summed E-state index contributed by atoms with van der Waals surface area (Å²) in [7, 11) is 0. The van der Waals surface area contributed by atoms with E-state index < -0.39 is 11.9 Å². The van der Waals surface area contributed by atoms with Gasteiger partial charge < -0.3 is 9.64 Å². The first kappa shape index (κ1) is 14.1. The molecular formula is C11H21NO3. The minimum Gasteiger partial charge on any atom is -0.393 e. The van der Waals surface area contributed by atoms with E-state index >= 15 is 0 Å². The van der Waals surface area contributed by atoms with E-state index in [1.165, 1.54) is 0 Å². The highest BCUT2D eigenvalue weighted by molar-refractivity contribution is 5.85. The Bertz CT molecular complexity index is 200. The topological polar surface area (TPSA) is 46.6 Å². The lowest BCUT2D eigenvalue weighted by atomic mass is 10.3. The Morgan fingerprint density at radius 3 is 2.13 bits per heavy atom. The van der Waals surface area contributed by atoms with E-state index in [9.17, 15) is 9.59 Å². The Hall–Kier alpha value is -0.900. The average Bonchev–Trinajstić information content (AvgIpc) is 2.24. The standard InChI is InChI=1S/C11H21NO3/c1-4-10(13)15-11(14)8-7-9-12(5-2)6-3/h4-9H2,1-3H3. The Labute approximate surface area is 91.6 Å². The molecule has 0 rings (SSSR count). The minimum atomic E-state index is -0.442. The van der Waals surface area contributed by atoms with Crippen LogP contribution in [0.15, 0.2) is 0 Å². The number of esters is 2. The van der Waals surface area contributed by atoms with Gasteiger partial charge in [-0.25, -0.2) is 0 Å². The summed E-state index contributed by atoms with van der Waals surface area (Å²) in [5, 5.41) is 0. The zero-order chi connectivity index (χ0) is 11.7. The molecule has 0 unspecified atom stereocenters. The van der Waals surface area contributed by atoms with Crippen LogP contribution in [0, 0.1) is 0 Å². The van der Waals surface area contributed by atoms with Gasteiger partial charge in [-0.1, -0.05) is 20.8 Å². The number of carbonyl (C=O) groups excluding carboxylic acids is 2. The van der Waals surface area contributed by atoms with Gasteiger partial charge in [-0.3, -0.25) is 9.59 Å². The van der Waals surface area contributed by atoms with Gasteiger partial charge in [-0.05, 0) is 26.1 Å². The highest BCUT2D eigenvalue weighted by Gasteiger charge is 2.08. The molecule has 0 radical (unpaired) electrons. The average molecular weight is 215 g/mol. The van der Waals surface area contributed by atoms with Gasteiger partial charge in [0.25, 0.3) is 0 Å². The summed E-state index contributed by atoms with van der Waals surface area (Å²) in [6.45, 7) is 8.69. The number of hydrogen-bond donors (Lipinski definition) is 0. The van der Waals surface area contributed by atoms with Crippen LogP contribution in [0.2, 0.25) is 0 Å². The van der Waals surface area contributed by atoms with E-state index in [-0.39, 0.29) is 6.42 Å². The molecule has 0 saturated heterocycles. The van der Waals surface area contributed by atoms with E-state index in [1.807, 2.05) is 0 Å². The maximum Gasteiger partial charge on any atom is 0.313 e. The van der Waals surface area contributed by atoms with Crippen molar-refractivity contribution in [3.8, 4) is 0 Å². The van der Waals surface area contributed by atoms with Gasteiger partial charge in [0.05, 0.1) is 0 Å². The predicted octanol–water partition coefficient (Wildman–Crippen LogP) is 1.59. The molecule has 0 fully saturated rings. The van der Waals surface area contributed by atoms with Crippen LogP contribution in [0.1, 0.15) is 40.0 Å². The molecule has 0 aliphatic carbocycles. The SMILES string of the molecule is CCC(=O)OC(=O)CCCN(CC)CC. The molecule has 0 atom stereocenters. The van der Waals surface area contributed by atoms with Crippen LogP contribution in [-0.4, -0.2) is 36.5 Å². The second kappa shape index (κ2) is 8.41. The van der Waals surface area contributed by atoms with Crippen molar-refractivity contribution in [1.82, 2.24) is 4.90 Å². The second-order valence-electron chi connectivity index (χ2n) is 3.33. The highest BCUT2D eigenvalue weighted by atomic mass is 16.6. The summed E-state index contributed by atoms with van der Waals surface area (Å²) in [5.41, 5.74) is 0. The zero-order valence-corrected chi connectivity index (χ0v) is 9.91. The molecule has 0 spiro atoms. The molecule has 0 bridgehead atoms. The van der Waals surface area contributed by atoms with Crippen LogP contribution in [0.25, 0.3) is 0 Å². The van der Waals surface area contributed by atoms with Gasteiger partial charge in [-0.15, -0.1) is 0 Å². The van der Waals surface area contributed by atoms with Gasteiger partial charge in [0.15, 0.2) is 0 Å². The minimum absolute atomic E-state index is 0.252. The van der Waals surface area contributed by atoms with Gasteiger partial charge in [-0.2, -0.15) is 0 Å². The second-order valence-corrected chi connectivity index (χ2v) is 3.33. The molecule has 0 heterocycles. The van der Waals surface area contributed by atoms with Gasteiger partial charge >= 0.3 is 11.9 Å². The van der Waals surface area contributed by atoms with Crippen molar-refractivity contribution in [1.29, 1.82) is 0 Å². The first-order chi connectivity index (χ1) is 7.13. The van der Waals surface area contributed by atoms with Crippen molar-refractivity contribution in [2.24, 2.45) is 0 Å². The molecule has 0 aliphatic heterocycles. The molecule has 0 aromatic carbocycles. The Balaban J connectivity index is 3.58. The molecule has 0 aromatic rings. The number of ether oxygens (including phenoxy) is 1. The van der Waals surface area contributed by atoms with Crippen LogP contribution < -0.4 is 0 Å². The monoisotopic (exact) mass is 215 g/mol. The fourth-order valence-electron chi connectivity index (χ4n) is 1.24. The Morgan fingerprint density at radius 2 is 1.67 bits per heavy atom. The van der Waals surface area contributed by atoms with Crippen molar-refractivity contribution >= 4 is 11.9 Å². The molecule has 0 saturated carbocycles. The molecule has 88 valence electrons. The van der Waals surface area contributed by atoms with Gasteiger partial charge in [0.1, 0.15) is 0 Å². The summed E-state index contributed by atoms with van der Waals surface area (Å²) >= 11 is 0. The van der Waals surface area contributed by atoms with Crippen molar-refractivity contribution in [3.05, 3.63) is 0 Å². The lowest BCUT2D eigenvalue weighted by Gasteiger charge is -2.16. The maximum absolute atomic E-state index is 11.1. The van der Waals surface area contributed by atoms with Crippen molar-refractivity contribution in [2.45, 2.75) is 40.0 Å². The third-order valence-corrected chi connectivity index (χ3v) is 2.27. The van der Waals surface area contributed by atoms with Gasteiger partial charge in [0, 0.05) is 12.8 Å². The van der Waals surface area contributed by atoms with Crippen LogP contribution in [0.5, 0.6) is 0 Å². The lowest BCUT2D eigenvalue weighted by Crippen LogP contribution is -2.24. The van der Waals surface area contributed by atoms with E-state index in [4.69, 9.17) is 0 Å². The maximum atomic E-state index is 11.1. The van der Waals surface area contributed by atoms with E-state index in [0.717, 1.165) is 26.1 Å². The summed E-state index contributed by atoms with van der Waals surface area (Å²) < 4.78 is 4.55. The molecular weight excluding hydrogens is 194 g/mol. The predicted molar refractivity (Wildman–Crippen MR) is 58.4 cm³/mol. The third kappa shape index (κ3) is 7.08. The quantitative estimate of drug-likeness (QED) is 0.478. The number of hydrogen-bond acceptors (Lipinski definition) is 4. The summed E-state index contributed by atoms with van der Waals surface area (Å²) in [4.78, 5) is 24.1. The lowest BCUT2D eigenvalue weighted by molar-refractivity contribution is -0.159. The summed E-state index contributed by atoms with van der Waals surface area (Å²) in [6, 6.07) is 0. The summed E-state index contributed by atoms with van der Waals surface area (Å²) in [6.07, 6.45) is 1.32. The fourth-order valence-corrected chi connectivity index (χ4v) is 1.24. The zero-order valence-electron chi connectivity index (χ0n) is 9.91. The number of rotatable bonds is 7. The number of carbonyl (C=O) groups is 2. The largest absolute Gasteiger partial charge is 0.393 e. The fraction of sp³-hybridized carbons (Fsp3) is 0.818. The van der Waals surface area contributed by atoms with Crippen LogP contribution in [0.3, 0.4) is 0 Å². The highest BCUT2D eigenvalue weighted by Crippen LogP contribution is 1.98.